The molecule has 290 valence electrons. The summed E-state index contributed by atoms with van der Waals surface area (Å²) in [6.07, 6.45) is 0. The van der Waals surface area contributed by atoms with Crippen molar-refractivity contribution in [1.29, 1.82) is 0 Å². The molecular weight excluding hydrogens is 769 g/mol. The quantitative estimate of drug-likeness (QED) is 0.167. The maximum atomic E-state index is 5.29. The van der Waals surface area contributed by atoms with Crippen molar-refractivity contribution >= 4 is 11.8 Å². The van der Waals surface area contributed by atoms with Gasteiger partial charge in [0, 0.05) is 26.5 Å². The van der Waals surface area contributed by atoms with Crippen molar-refractivity contribution in [2.75, 3.05) is 0 Å². The van der Waals surface area contributed by atoms with Crippen molar-refractivity contribution in [2.45, 2.75) is 15.2 Å². The maximum Gasteiger partial charge on any atom is 0.160 e. The topological polar surface area (TPSA) is 25.8 Å². The zero-order valence-electron chi connectivity index (χ0n) is 33.7. The molecule has 62 heavy (non-hydrogen) atoms. The van der Waals surface area contributed by atoms with Gasteiger partial charge < -0.3 is 0 Å². The van der Waals surface area contributed by atoms with Crippen LogP contribution in [0.3, 0.4) is 0 Å². The summed E-state index contributed by atoms with van der Waals surface area (Å²) in [6, 6.07) is 83.3. The molecule has 1 aliphatic carbocycles. The molecule has 0 bridgehead atoms. The van der Waals surface area contributed by atoms with Gasteiger partial charge in [0.1, 0.15) is 0 Å². The highest BCUT2D eigenvalue weighted by Gasteiger charge is 2.50. The second-order valence-electron chi connectivity index (χ2n) is 16.1. The molecule has 0 unspecified atom stereocenters. The molecule has 3 heteroatoms. The van der Waals surface area contributed by atoms with E-state index in [1.807, 2.05) is 17.8 Å². The minimum absolute atomic E-state index is 0.380. The van der Waals surface area contributed by atoms with E-state index in [2.05, 4.69) is 224 Å². The van der Waals surface area contributed by atoms with E-state index in [4.69, 9.17) is 9.97 Å². The highest BCUT2D eigenvalue weighted by Crippen LogP contribution is 2.62. The van der Waals surface area contributed by atoms with Crippen molar-refractivity contribution in [3.8, 4) is 78.4 Å². The van der Waals surface area contributed by atoms with Gasteiger partial charge in [-0.25, -0.2) is 9.97 Å². The Morgan fingerprint density at radius 1 is 0.274 bits per heavy atom. The number of fused-ring (bicyclic) bond motifs is 9. The van der Waals surface area contributed by atoms with Crippen molar-refractivity contribution in [2.24, 2.45) is 0 Å². The van der Waals surface area contributed by atoms with Crippen molar-refractivity contribution in [3.63, 3.8) is 0 Å². The van der Waals surface area contributed by atoms with Crippen LogP contribution in [0.4, 0.5) is 0 Å². The molecule has 0 saturated carbocycles. The molecule has 0 amide bonds. The van der Waals surface area contributed by atoms with Crippen LogP contribution in [-0.4, -0.2) is 9.97 Å². The second kappa shape index (κ2) is 14.8. The van der Waals surface area contributed by atoms with Crippen LogP contribution in [0, 0.1) is 0 Å². The molecule has 2 heterocycles. The summed E-state index contributed by atoms with van der Waals surface area (Å²) < 4.78 is 0. The molecule has 2 aliphatic rings. The summed E-state index contributed by atoms with van der Waals surface area (Å²) in [6.45, 7) is 0. The van der Waals surface area contributed by atoms with Crippen molar-refractivity contribution < 1.29 is 0 Å². The third kappa shape index (κ3) is 5.89. The van der Waals surface area contributed by atoms with Crippen LogP contribution in [0.1, 0.15) is 22.3 Å². The Hall–Kier alpha value is -7.59. The molecule has 1 aromatic heterocycles. The first kappa shape index (κ1) is 36.3. The van der Waals surface area contributed by atoms with Gasteiger partial charge in [0.25, 0.3) is 0 Å². The summed E-state index contributed by atoms with van der Waals surface area (Å²) in [7, 11) is 0. The molecule has 10 aromatic rings. The van der Waals surface area contributed by atoms with Crippen LogP contribution in [0.2, 0.25) is 0 Å². The average Bonchev–Trinajstić information content (AvgIpc) is 3.65. The Morgan fingerprint density at radius 2 is 0.742 bits per heavy atom. The molecule has 0 radical (unpaired) electrons. The van der Waals surface area contributed by atoms with Gasteiger partial charge in [-0.2, -0.15) is 0 Å². The molecule has 0 N–H and O–H groups in total. The van der Waals surface area contributed by atoms with E-state index in [0.29, 0.717) is 5.82 Å². The molecule has 0 saturated heterocycles. The minimum atomic E-state index is -0.380. The minimum Gasteiger partial charge on any atom is -0.228 e. The molecule has 0 fully saturated rings. The lowest BCUT2D eigenvalue weighted by molar-refractivity contribution is 0.722. The van der Waals surface area contributed by atoms with Crippen LogP contribution in [0.5, 0.6) is 0 Å². The SMILES string of the molecule is c1ccc(-c2cc(-c3ccccc3-c3ccccc3)nc(-c3cccc(-c4cccc(-c5ccc6c(c5)Sc5ccccc5C65c6ccccc6-c6ccccc65)c4)c3)n2)cc1. The normalized spacial score (nSPS) is 12.9. The average molecular weight is 807 g/mol. The van der Waals surface area contributed by atoms with Gasteiger partial charge in [0.05, 0.1) is 16.8 Å². The van der Waals surface area contributed by atoms with Crippen LogP contribution < -0.4 is 0 Å². The zero-order chi connectivity index (χ0) is 41.0. The summed E-state index contributed by atoms with van der Waals surface area (Å²) in [5.74, 6) is 0.693. The first-order valence-corrected chi connectivity index (χ1v) is 22.0. The Labute approximate surface area is 366 Å². The Bertz CT molecular complexity index is 3290. The Balaban J connectivity index is 0.947. The fourth-order valence-corrected chi connectivity index (χ4v) is 11.0. The van der Waals surface area contributed by atoms with Gasteiger partial charge in [-0.3, -0.25) is 0 Å². The third-order valence-electron chi connectivity index (χ3n) is 12.6. The van der Waals surface area contributed by atoms with Gasteiger partial charge in [0.2, 0.25) is 0 Å². The number of benzene rings is 9. The molecule has 12 rings (SSSR count). The molecule has 9 aromatic carbocycles. The van der Waals surface area contributed by atoms with Gasteiger partial charge in [-0.15, -0.1) is 0 Å². The van der Waals surface area contributed by atoms with Crippen LogP contribution in [0.15, 0.2) is 240 Å². The van der Waals surface area contributed by atoms with E-state index in [-0.39, 0.29) is 5.41 Å². The standard InChI is InChI=1S/C59H38N2S/c1-3-17-39(18-4-1)46-25-7-8-28-49(46)55-38-54(40-19-5-2-6-20-40)60-58(61-55)45-24-16-23-43(36-45)41-21-15-22-42(35-41)44-33-34-53-57(37-44)62-56-32-14-13-31-52(56)59(53)50-29-11-9-26-47(50)48-27-10-12-30-51(48)59/h1-38H. The van der Waals surface area contributed by atoms with Crippen LogP contribution in [0.25, 0.3) is 78.4 Å². The molecular formula is C59H38N2S. The highest BCUT2D eigenvalue weighted by molar-refractivity contribution is 7.99. The second-order valence-corrected chi connectivity index (χ2v) is 17.1. The van der Waals surface area contributed by atoms with Crippen molar-refractivity contribution in [3.05, 3.63) is 253 Å². The third-order valence-corrected chi connectivity index (χ3v) is 13.7. The summed E-state index contributed by atoms with van der Waals surface area (Å²) in [5.41, 5.74) is 19.5. The molecule has 1 spiro atoms. The van der Waals surface area contributed by atoms with Crippen molar-refractivity contribution in [1.82, 2.24) is 9.97 Å². The fourth-order valence-electron chi connectivity index (χ4n) is 9.80. The monoisotopic (exact) mass is 806 g/mol. The van der Waals surface area contributed by atoms with Gasteiger partial charge in [-0.05, 0) is 97.1 Å². The lowest BCUT2D eigenvalue weighted by Crippen LogP contribution is -2.31. The first-order chi connectivity index (χ1) is 30.7. The van der Waals surface area contributed by atoms with E-state index >= 15 is 0 Å². The lowest BCUT2D eigenvalue weighted by atomic mass is 9.67. The fraction of sp³-hybridized carbons (Fsp3) is 0.0169. The largest absolute Gasteiger partial charge is 0.228 e. The molecule has 0 atom stereocenters. The highest BCUT2D eigenvalue weighted by atomic mass is 32.2. The Kier molecular flexibility index (Phi) is 8.69. The lowest BCUT2D eigenvalue weighted by Gasteiger charge is -2.39. The predicted octanol–water partition coefficient (Wildman–Crippen LogP) is 15.3. The van der Waals surface area contributed by atoms with Crippen LogP contribution >= 0.6 is 11.8 Å². The Morgan fingerprint density at radius 3 is 1.42 bits per heavy atom. The number of aromatic nitrogens is 2. The van der Waals surface area contributed by atoms with Gasteiger partial charge in [-0.1, -0.05) is 212 Å². The first-order valence-electron chi connectivity index (χ1n) is 21.1. The molecule has 1 aliphatic heterocycles. The summed E-state index contributed by atoms with van der Waals surface area (Å²) >= 11 is 1.89. The van der Waals surface area contributed by atoms with E-state index < -0.39 is 0 Å². The maximum absolute atomic E-state index is 5.29. The number of hydrogen-bond donors (Lipinski definition) is 0. The predicted molar refractivity (Wildman–Crippen MR) is 256 cm³/mol. The number of rotatable bonds is 6. The van der Waals surface area contributed by atoms with E-state index in [0.717, 1.165) is 50.3 Å². The van der Waals surface area contributed by atoms with E-state index in [1.165, 1.54) is 54.3 Å². The number of hydrogen-bond acceptors (Lipinski definition) is 3. The van der Waals surface area contributed by atoms with E-state index in [9.17, 15) is 0 Å². The van der Waals surface area contributed by atoms with Crippen LogP contribution in [-0.2, 0) is 5.41 Å². The summed E-state index contributed by atoms with van der Waals surface area (Å²) in [5, 5.41) is 0. The van der Waals surface area contributed by atoms with E-state index in [1.54, 1.807) is 0 Å². The zero-order valence-corrected chi connectivity index (χ0v) is 34.6. The summed E-state index contributed by atoms with van der Waals surface area (Å²) in [4.78, 5) is 13.1. The number of nitrogens with zero attached hydrogens (tertiary/aromatic N) is 2. The van der Waals surface area contributed by atoms with Gasteiger partial charge >= 0.3 is 0 Å². The molecule has 2 nitrogen and oxygen atoms in total. The van der Waals surface area contributed by atoms with Gasteiger partial charge in [0.15, 0.2) is 5.82 Å². The smallest absolute Gasteiger partial charge is 0.160 e.